The van der Waals surface area contributed by atoms with E-state index in [9.17, 15) is 21.6 Å². The molecular formula is C20H26N2O6S2. The Labute approximate surface area is 177 Å². The molecule has 0 amide bonds. The molecule has 2 aromatic carbocycles. The van der Waals surface area contributed by atoms with E-state index < -0.39 is 26.0 Å². The second kappa shape index (κ2) is 9.69. The van der Waals surface area contributed by atoms with Gasteiger partial charge >= 0.3 is 5.97 Å². The summed E-state index contributed by atoms with van der Waals surface area (Å²) in [5.41, 5.74) is 1.70. The maximum Gasteiger partial charge on any atom is 0.337 e. The van der Waals surface area contributed by atoms with E-state index >= 15 is 0 Å². The van der Waals surface area contributed by atoms with E-state index in [1.165, 1.54) is 25.3 Å². The molecule has 0 aliphatic rings. The zero-order valence-electron chi connectivity index (χ0n) is 17.3. The van der Waals surface area contributed by atoms with Crippen LogP contribution in [-0.2, 0) is 37.1 Å². The Bertz CT molecular complexity index is 1130. The zero-order valence-corrected chi connectivity index (χ0v) is 18.9. The number of esters is 1. The van der Waals surface area contributed by atoms with E-state index in [4.69, 9.17) is 0 Å². The van der Waals surface area contributed by atoms with Gasteiger partial charge in [-0.25, -0.2) is 31.1 Å². The number of benzene rings is 2. The standard InChI is InChI=1S/C20H26N2O6S2/c1-14(2)22-29(24,25)13-18-8-6-5-7-17(18)12-21-30(26,27)19-10-9-16(11-15(19)3)20(23)28-4/h5-11,14,21-22H,12-13H2,1-4H3. The van der Waals surface area contributed by atoms with Crippen molar-refractivity contribution in [3.8, 4) is 0 Å². The Morgan fingerprint density at radius 1 is 1.03 bits per heavy atom. The summed E-state index contributed by atoms with van der Waals surface area (Å²) >= 11 is 0. The van der Waals surface area contributed by atoms with Gasteiger partial charge < -0.3 is 4.74 Å². The van der Waals surface area contributed by atoms with E-state index in [2.05, 4.69) is 14.2 Å². The third-order valence-electron chi connectivity index (χ3n) is 4.22. The molecule has 0 fully saturated rings. The molecule has 0 aromatic heterocycles. The van der Waals surface area contributed by atoms with Crippen molar-refractivity contribution in [1.82, 2.24) is 9.44 Å². The SMILES string of the molecule is COC(=O)c1ccc(S(=O)(=O)NCc2ccccc2CS(=O)(=O)NC(C)C)c(C)c1. The smallest absolute Gasteiger partial charge is 0.337 e. The first-order chi connectivity index (χ1) is 13.9. The number of carbonyl (C=O) groups is 1. The molecule has 164 valence electrons. The van der Waals surface area contributed by atoms with Gasteiger partial charge in [-0.2, -0.15) is 0 Å². The predicted molar refractivity (Wildman–Crippen MR) is 114 cm³/mol. The second-order valence-electron chi connectivity index (χ2n) is 7.10. The van der Waals surface area contributed by atoms with Crippen LogP contribution in [0.15, 0.2) is 47.4 Å². The number of ether oxygens (including phenoxy) is 1. The monoisotopic (exact) mass is 454 g/mol. The molecule has 30 heavy (non-hydrogen) atoms. The van der Waals surface area contributed by atoms with Gasteiger partial charge in [-0.3, -0.25) is 0 Å². The number of hydrogen-bond acceptors (Lipinski definition) is 6. The van der Waals surface area contributed by atoms with Crippen LogP contribution in [0.25, 0.3) is 0 Å². The molecule has 0 atom stereocenters. The minimum atomic E-state index is -3.88. The third kappa shape index (κ3) is 6.36. The largest absolute Gasteiger partial charge is 0.465 e. The molecule has 8 nitrogen and oxygen atoms in total. The maximum atomic E-state index is 12.8. The lowest BCUT2D eigenvalue weighted by Gasteiger charge is -2.14. The Morgan fingerprint density at radius 3 is 2.23 bits per heavy atom. The third-order valence-corrected chi connectivity index (χ3v) is 7.30. The summed E-state index contributed by atoms with van der Waals surface area (Å²) in [5, 5.41) is 0. The molecule has 0 unspecified atom stereocenters. The van der Waals surface area contributed by atoms with E-state index in [1.807, 2.05) is 0 Å². The first kappa shape index (κ1) is 24.0. The molecule has 0 heterocycles. The van der Waals surface area contributed by atoms with Crippen molar-refractivity contribution in [3.63, 3.8) is 0 Å². The molecular weight excluding hydrogens is 428 g/mol. The summed E-state index contributed by atoms with van der Waals surface area (Å²) in [6, 6.07) is 10.7. The van der Waals surface area contributed by atoms with Crippen LogP contribution in [0.2, 0.25) is 0 Å². The van der Waals surface area contributed by atoms with Crippen LogP contribution in [0.5, 0.6) is 0 Å². The topological polar surface area (TPSA) is 119 Å². The summed E-state index contributed by atoms with van der Waals surface area (Å²) in [6.07, 6.45) is 0. The number of nitrogens with one attached hydrogen (secondary N) is 2. The fourth-order valence-electron chi connectivity index (χ4n) is 2.92. The highest BCUT2D eigenvalue weighted by Crippen LogP contribution is 2.19. The van der Waals surface area contributed by atoms with Gasteiger partial charge in [0.05, 0.1) is 23.3 Å². The van der Waals surface area contributed by atoms with Gasteiger partial charge in [-0.15, -0.1) is 0 Å². The van der Waals surface area contributed by atoms with Gasteiger partial charge in [0.2, 0.25) is 20.0 Å². The van der Waals surface area contributed by atoms with Gasteiger partial charge in [-0.05, 0) is 55.7 Å². The molecule has 0 saturated heterocycles. The Balaban J connectivity index is 2.22. The van der Waals surface area contributed by atoms with Crippen LogP contribution in [0.3, 0.4) is 0 Å². The highest BCUT2D eigenvalue weighted by Gasteiger charge is 2.20. The molecule has 0 saturated carbocycles. The lowest BCUT2D eigenvalue weighted by molar-refractivity contribution is 0.0600. The van der Waals surface area contributed by atoms with Crippen LogP contribution in [0.1, 0.15) is 40.9 Å². The lowest BCUT2D eigenvalue weighted by atomic mass is 10.1. The van der Waals surface area contributed by atoms with E-state index in [0.717, 1.165) is 0 Å². The molecule has 10 heteroatoms. The second-order valence-corrected chi connectivity index (χ2v) is 10.6. The minimum Gasteiger partial charge on any atom is -0.465 e. The van der Waals surface area contributed by atoms with Crippen LogP contribution in [0, 0.1) is 6.92 Å². The van der Waals surface area contributed by atoms with Crippen LogP contribution >= 0.6 is 0 Å². The maximum absolute atomic E-state index is 12.8. The van der Waals surface area contributed by atoms with Crippen LogP contribution in [-0.4, -0.2) is 36.0 Å². The summed E-state index contributed by atoms with van der Waals surface area (Å²) in [6.45, 7) is 4.96. The summed E-state index contributed by atoms with van der Waals surface area (Å²) in [7, 11) is -6.19. The van der Waals surface area contributed by atoms with Gasteiger partial charge in [0.1, 0.15) is 0 Å². The van der Waals surface area contributed by atoms with Crippen molar-refractivity contribution >= 4 is 26.0 Å². The summed E-state index contributed by atoms with van der Waals surface area (Å²) in [4.78, 5) is 11.6. The molecule has 0 aliphatic heterocycles. The van der Waals surface area contributed by atoms with Gasteiger partial charge in [0.15, 0.2) is 0 Å². The Kier molecular flexibility index (Phi) is 7.75. The highest BCUT2D eigenvalue weighted by atomic mass is 32.2. The molecule has 2 aromatic rings. The van der Waals surface area contributed by atoms with E-state index in [-0.39, 0.29) is 28.8 Å². The summed E-state index contributed by atoms with van der Waals surface area (Å²) < 4.78 is 59.7. The quantitative estimate of drug-likeness (QED) is 0.560. The van der Waals surface area contributed by atoms with Crippen molar-refractivity contribution in [2.24, 2.45) is 0 Å². The zero-order chi connectivity index (χ0) is 22.5. The molecule has 2 rings (SSSR count). The van der Waals surface area contributed by atoms with E-state index in [1.54, 1.807) is 45.0 Å². The number of methoxy groups -OCH3 is 1. The minimum absolute atomic E-state index is 0.0294. The average molecular weight is 455 g/mol. The highest BCUT2D eigenvalue weighted by molar-refractivity contribution is 7.89. The number of aryl methyl sites for hydroxylation is 1. The number of rotatable bonds is 9. The fourth-order valence-corrected chi connectivity index (χ4v) is 5.65. The van der Waals surface area contributed by atoms with Gasteiger partial charge in [0, 0.05) is 12.6 Å². The van der Waals surface area contributed by atoms with Crippen molar-refractivity contribution in [2.75, 3.05) is 7.11 Å². The Hall–Kier alpha value is -2.27. The number of sulfonamides is 2. The first-order valence-electron chi connectivity index (χ1n) is 9.20. The average Bonchev–Trinajstić information content (AvgIpc) is 2.65. The molecule has 0 bridgehead atoms. The first-order valence-corrected chi connectivity index (χ1v) is 12.3. The lowest BCUT2D eigenvalue weighted by Crippen LogP contribution is -2.32. The normalized spacial score (nSPS) is 12.2. The van der Waals surface area contributed by atoms with Crippen molar-refractivity contribution < 1.29 is 26.4 Å². The fraction of sp³-hybridized carbons (Fsp3) is 0.350. The van der Waals surface area contributed by atoms with Crippen molar-refractivity contribution in [2.45, 2.75) is 44.0 Å². The van der Waals surface area contributed by atoms with Gasteiger partial charge in [0.25, 0.3) is 0 Å². The molecule has 0 aliphatic carbocycles. The Morgan fingerprint density at radius 2 is 1.67 bits per heavy atom. The van der Waals surface area contributed by atoms with Crippen LogP contribution < -0.4 is 9.44 Å². The van der Waals surface area contributed by atoms with Crippen LogP contribution in [0.4, 0.5) is 0 Å². The molecule has 0 radical (unpaired) electrons. The van der Waals surface area contributed by atoms with Gasteiger partial charge in [-0.1, -0.05) is 24.3 Å². The predicted octanol–water partition coefficient (Wildman–Crippen LogP) is 2.09. The summed E-state index contributed by atoms with van der Waals surface area (Å²) in [5.74, 6) is -0.809. The molecule has 0 spiro atoms. The molecule has 2 N–H and O–H groups in total. The van der Waals surface area contributed by atoms with E-state index in [0.29, 0.717) is 16.7 Å². The number of carbonyl (C=O) groups excluding carboxylic acids is 1. The number of hydrogen-bond donors (Lipinski definition) is 2. The van der Waals surface area contributed by atoms with Crippen molar-refractivity contribution in [3.05, 3.63) is 64.7 Å². The van der Waals surface area contributed by atoms with Crippen molar-refractivity contribution in [1.29, 1.82) is 0 Å².